The predicted octanol–water partition coefficient (Wildman–Crippen LogP) is 3.62. The van der Waals surface area contributed by atoms with Crippen molar-refractivity contribution < 1.29 is 4.79 Å². The fourth-order valence-electron chi connectivity index (χ4n) is 3.44. The third-order valence-corrected chi connectivity index (χ3v) is 4.97. The largest absolute Gasteiger partial charge is 0.348 e. The van der Waals surface area contributed by atoms with Crippen LogP contribution in [0.25, 0.3) is 10.9 Å². The van der Waals surface area contributed by atoms with E-state index in [4.69, 9.17) is 0 Å². The van der Waals surface area contributed by atoms with Gasteiger partial charge in [-0.25, -0.2) is 4.98 Å². The summed E-state index contributed by atoms with van der Waals surface area (Å²) in [6.07, 6.45) is 4.33. The third-order valence-electron chi connectivity index (χ3n) is 4.97. The first-order valence-electron chi connectivity index (χ1n) is 8.73. The third kappa shape index (κ3) is 3.42. The van der Waals surface area contributed by atoms with Gasteiger partial charge in [0.2, 0.25) is 0 Å². The number of anilines is 1. The molecule has 1 saturated heterocycles. The summed E-state index contributed by atoms with van der Waals surface area (Å²) in [5.74, 6) is 1.10. The van der Waals surface area contributed by atoms with Crippen LogP contribution in [-0.4, -0.2) is 40.9 Å². The molecule has 0 spiro atoms. The van der Waals surface area contributed by atoms with E-state index in [1.165, 1.54) is 5.56 Å². The van der Waals surface area contributed by atoms with Crippen molar-refractivity contribution in [1.82, 2.24) is 14.9 Å². The van der Waals surface area contributed by atoms with Gasteiger partial charge in [0, 0.05) is 11.6 Å². The fraction of sp³-hybridized carbons (Fsp3) is 0.300. The van der Waals surface area contributed by atoms with Crippen molar-refractivity contribution >= 4 is 22.6 Å². The number of nitrogens with zero attached hydrogens (tertiary/aromatic N) is 2. The number of aromatic amines is 1. The van der Waals surface area contributed by atoms with E-state index in [1.807, 2.05) is 36.5 Å². The Morgan fingerprint density at radius 2 is 2.00 bits per heavy atom. The van der Waals surface area contributed by atoms with Crippen molar-refractivity contribution in [2.45, 2.75) is 18.8 Å². The molecule has 0 radical (unpaired) electrons. The molecule has 0 unspecified atom stereocenters. The highest BCUT2D eigenvalue weighted by molar-refractivity contribution is 6.03. The maximum absolute atomic E-state index is 12.5. The van der Waals surface area contributed by atoms with Gasteiger partial charge >= 0.3 is 0 Å². The molecule has 1 amide bonds. The zero-order chi connectivity index (χ0) is 17.2. The number of benzene rings is 1. The molecular weight excluding hydrogens is 312 g/mol. The number of carbonyl (C=O) groups is 1. The van der Waals surface area contributed by atoms with Gasteiger partial charge in [0.15, 0.2) is 0 Å². The molecule has 0 atom stereocenters. The number of hydrogen-bond acceptors (Lipinski definition) is 3. The van der Waals surface area contributed by atoms with Crippen LogP contribution in [0.2, 0.25) is 0 Å². The monoisotopic (exact) mass is 334 g/mol. The molecule has 4 rings (SSSR count). The van der Waals surface area contributed by atoms with Gasteiger partial charge in [-0.3, -0.25) is 4.79 Å². The van der Waals surface area contributed by atoms with Crippen molar-refractivity contribution in [3.05, 3.63) is 59.9 Å². The van der Waals surface area contributed by atoms with E-state index in [9.17, 15) is 4.79 Å². The number of amides is 1. The molecule has 0 bridgehead atoms. The normalized spacial score (nSPS) is 16.2. The lowest BCUT2D eigenvalue weighted by atomic mass is 9.91. The molecule has 5 heteroatoms. The Kier molecular flexibility index (Phi) is 4.24. The number of likely N-dealkylation sites (tertiary alicyclic amines) is 1. The highest BCUT2D eigenvalue weighted by Gasteiger charge is 2.20. The molecule has 1 aromatic carbocycles. The Balaban J connectivity index is 1.47. The Hall–Kier alpha value is -2.66. The zero-order valence-electron chi connectivity index (χ0n) is 14.3. The standard InChI is InChI=1S/C20H22N4O/c1-24-10-8-14(9-11-24)16-12-19(21-13-16)23-20(25)18-7-6-15-4-2-3-5-17(15)22-18/h2-7,12-14,21H,8-11H2,1H3,(H,23,25). The molecule has 5 nitrogen and oxygen atoms in total. The van der Waals surface area contributed by atoms with E-state index in [1.54, 1.807) is 6.07 Å². The van der Waals surface area contributed by atoms with Gasteiger partial charge in [-0.15, -0.1) is 0 Å². The lowest BCUT2D eigenvalue weighted by Crippen LogP contribution is -2.29. The van der Waals surface area contributed by atoms with E-state index in [0.717, 1.165) is 42.7 Å². The van der Waals surface area contributed by atoms with E-state index in [-0.39, 0.29) is 5.91 Å². The summed E-state index contributed by atoms with van der Waals surface area (Å²) in [5, 5.41) is 3.95. The summed E-state index contributed by atoms with van der Waals surface area (Å²) >= 11 is 0. The molecule has 1 aliphatic rings. The van der Waals surface area contributed by atoms with Crippen molar-refractivity contribution in [2.75, 3.05) is 25.5 Å². The Bertz CT molecular complexity index is 893. The van der Waals surface area contributed by atoms with Crippen LogP contribution in [0.1, 0.15) is 34.8 Å². The van der Waals surface area contributed by atoms with Gasteiger partial charge in [-0.05, 0) is 62.7 Å². The maximum atomic E-state index is 12.5. The number of H-pyrrole nitrogens is 1. The molecule has 0 saturated carbocycles. The number of piperidine rings is 1. The van der Waals surface area contributed by atoms with Gasteiger partial charge in [0.05, 0.1) is 5.52 Å². The molecule has 1 fully saturated rings. The van der Waals surface area contributed by atoms with Crippen LogP contribution in [0.4, 0.5) is 5.82 Å². The Labute approximate surface area is 147 Å². The molecule has 1 aliphatic heterocycles. The first-order chi connectivity index (χ1) is 12.2. The van der Waals surface area contributed by atoms with Crippen LogP contribution < -0.4 is 5.32 Å². The van der Waals surface area contributed by atoms with Crippen LogP contribution in [0.3, 0.4) is 0 Å². The van der Waals surface area contributed by atoms with E-state index in [0.29, 0.717) is 11.6 Å². The average Bonchev–Trinajstić information content (AvgIpc) is 3.10. The van der Waals surface area contributed by atoms with Crippen molar-refractivity contribution in [2.24, 2.45) is 0 Å². The lowest BCUT2D eigenvalue weighted by molar-refractivity contribution is 0.102. The van der Waals surface area contributed by atoms with Crippen molar-refractivity contribution in [3.8, 4) is 0 Å². The summed E-state index contributed by atoms with van der Waals surface area (Å²) in [6.45, 7) is 2.25. The number of aromatic nitrogens is 2. The van der Waals surface area contributed by atoms with Crippen molar-refractivity contribution in [3.63, 3.8) is 0 Å². The minimum absolute atomic E-state index is 0.192. The number of rotatable bonds is 3. The second-order valence-corrected chi connectivity index (χ2v) is 6.77. The smallest absolute Gasteiger partial charge is 0.275 e. The zero-order valence-corrected chi connectivity index (χ0v) is 14.3. The number of hydrogen-bond donors (Lipinski definition) is 2. The van der Waals surface area contributed by atoms with Gasteiger partial charge in [0.25, 0.3) is 5.91 Å². The summed E-state index contributed by atoms with van der Waals surface area (Å²) in [5.41, 5.74) is 2.53. The van der Waals surface area contributed by atoms with Crippen LogP contribution >= 0.6 is 0 Å². The van der Waals surface area contributed by atoms with Gasteiger partial charge in [-0.2, -0.15) is 0 Å². The average molecular weight is 334 g/mol. The van der Waals surface area contributed by atoms with E-state index in [2.05, 4.69) is 33.3 Å². The fourth-order valence-corrected chi connectivity index (χ4v) is 3.44. The minimum atomic E-state index is -0.192. The van der Waals surface area contributed by atoms with E-state index < -0.39 is 0 Å². The first kappa shape index (κ1) is 15.8. The highest BCUT2D eigenvalue weighted by Crippen LogP contribution is 2.29. The SMILES string of the molecule is CN1CCC(c2c[nH]c(NC(=O)c3ccc4ccccc4n3)c2)CC1. The Morgan fingerprint density at radius 1 is 1.20 bits per heavy atom. The maximum Gasteiger partial charge on any atom is 0.275 e. The molecule has 2 N–H and O–H groups in total. The van der Waals surface area contributed by atoms with Crippen LogP contribution in [-0.2, 0) is 0 Å². The quantitative estimate of drug-likeness (QED) is 0.769. The minimum Gasteiger partial charge on any atom is -0.348 e. The molecular formula is C20H22N4O. The lowest BCUT2D eigenvalue weighted by Gasteiger charge is -2.28. The van der Waals surface area contributed by atoms with E-state index >= 15 is 0 Å². The van der Waals surface area contributed by atoms with Crippen LogP contribution in [0.15, 0.2) is 48.7 Å². The molecule has 128 valence electrons. The topological polar surface area (TPSA) is 61.0 Å². The molecule has 2 aromatic heterocycles. The molecule has 3 heterocycles. The molecule has 0 aliphatic carbocycles. The Morgan fingerprint density at radius 3 is 2.84 bits per heavy atom. The molecule has 25 heavy (non-hydrogen) atoms. The number of pyridine rings is 1. The number of carbonyl (C=O) groups excluding carboxylic acids is 1. The van der Waals surface area contributed by atoms with Gasteiger partial charge < -0.3 is 15.2 Å². The summed E-state index contributed by atoms with van der Waals surface area (Å²) in [7, 11) is 2.16. The van der Waals surface area contributed by atoms with Gasteiger partial charge in [0.1, 0.15) is 11.5 Å². The summed E-state index contributed by atoms with van der Waals surface area (Å²) < 4.78 is 0. The summed E-state index contributed by atoms with van der Waals surface area (Å²) in [6, 6.07) is 13.5. The summed E-state index contributed by atoms with van der Waals surface area (Å²) in [4.78, 5) is 22.5. The van der Waals surface area contributed by atoms with Crippen LogP contribution in [0.5, 0.6) is 0 Å². The highest BCUT2D eigenvalue weighted by atomic mass is 16.1. The predicted molar refractivity (Wildman–Crippen MR) is 100.0 cm³/mol. The first-order valence-corrected chi connectivity index (χ1v) is 8.73. The van der Waals surface area contributed by atoms with Gasteiger partial charge in [-0.1, -0.05) is 24.3 Å². The second kappa shape index (κ2) is 6.69. The van der Waals surface area contributed by atoms with Crippen molar-refractivity contribution in [1.29, 1.82) is 0 Å². The number of para-hydroxylation sites is 1. The number of fused-ring (bicyclic) bond motifs is 1. The van der Waals surface area contributed by atoms with Crippen LogP contribution in [0, 0.1) is 0 Å². The molecule has 3 aromatic rings. The number of nitrogens with one attached hydrogen (secondary N) is 2. The second-order valence-electron chi connectivity index (χ2n) is 6.77.